The van der Waals surface area contributed by atoms with Crippen molar-refractivity contribution >= 4 is 17.8 Å². The summed E-state index contributed by atoms with van der Waals surface area (Å²) in [4.78, 5) is 42.4. The zero-order chi connectivity index (χ0) is 21.9. The van der Waals surface area contributed by atoms with Crippen LogP contribution in [0.3, 0.4) is 0 Å². The Bertz CT molecular complexity index is 1110. The number of likely N-dealkylation sites (tertiary alicyclic amines) is 2. The molecule has 2 amide bonds. The first-order valence-electron chi connectivity index (χ1n) is 11.5. The summed E-state index contributed by atoms with van der Waals surface area (Å²) >= 11 is 0. The number of hydrogen-bond acceptors (Lipinski definition) is 4. The molecule has 1 saturated carbocycles. The van der Waals surface area contributed by atoms with Crippen LogP contribution < -0.4 is 0 Å². The van der Waals surface area contributed by atoms with Crippen molar-refractivity contribution in [1.82, 2.24) is 9.80 Å². The normalized spacial score (nSPS) is 25.2. The summed E-state index contributed by atoms with van der Waals surface area (Å²) in [7, 11) is 0. The van der Waals surface area contributed by atoms with E-state index in [0.29, 0.717) is 30.6 Å². The van der Waals surface area contributed by atoms with Gasteiger partial charge in [0.1, 0.15) is 0 Å². The van der Waals surface area contributed by atoms with E-state index in [0.717, 1.165) is 49.9 Å². The lowest BCUT2D eigenvalue weighted by Gasteiger charge is -2.27. The fourth-order valence-corrected chi connectivity index (χ4v) is 5.69. The molecule has 1 spiro atoms. The van der Waals surface area contributed by atoms with Crippen molar-refractivity contribution in [2.24, 2.45) is 0 Å². The monoisotopic (exact) mass is 430 g/mol. The van der Waals surface area contributed by atoms with E-state index in [4.69, 9.17) is 4.74 Å². The average Bonchev–Trinajstić information content (AvgIpc) is 3.15. The van der Waals surface area contributed by atoms with Gasteiger partial charge in [-0.15, -0.1) is 0 Å². The van der Waals surface area contributed by atoms with E-state index in [1.807, 2.05) is 52.3 Å². The number of hydrogen-bond donors (Lipinski definition) is 0. The molecule has 1 aliphatic carbocycles. The molecule has 0 N–H and O–H groups in total. The number of rotatable bonds is 3. The number of carbonyl (C=O) groups excluding carboxylic acids is 3. The summed E-state index contributed by atoms with van der Waals surface area (Å²) in [6, 6.07) is 15.1. The predicted molar refractivity (Wildman–Crippen MR) is 117 cm³/mol. The van der Waals surface area contributed by atoms with Crippen molar-refractivity contribution in [2.75, 3.05) is 26.2 Å². The van der Waals surface area contributed by atoms with E-state index in [1.54, 1.807) is 6.07 Å². The van der Waals surface area contributed by atoms with Crippen LogP contribution in [0.5, 0.6) is 0 Å². The third-order valence-electron chi connectivity index (χ3n) is 7.68. The number of carbonyl (C=O) groups is 3. The highest BCUT2D eigenvalue weighted by Crippen LogP contribution is 2.52. The van der Waals surface area contributed by atoms with Crippen LogP contribution in [0.25, 0.3) is 0 Å². The number of fused-ring (bicyclic) bond motifs is 2. The Hall–Kier alpha value is -3.15. The average molecular weight is 431 g/mol. The van der Waals surface area contributed by atoms with Gasteiger partial charge in [0.2, 0.25) is 5.91 Å². The third-order valence-corrected chi connectivity index (χ3v) is 7.68. The molecule has 4 aliphatic rings. The van der Waals surface area contributed by atoms with Crippen LogP contribution in [0.4, 0.5) is 0 Å². The highest BCUT2D eigenvalue weighted by molar-refractivity contribution is 5.97. The topological polar surface area (TPSA) is 66.9 Å². The summed E-state index contributed by atoms with van der Waals surface area (Å²) in [6.07, 6.45) is 4.38. The second-order valence-electron chi connectivity index (χ2n) is 9.56. The predicted octanol–water partition coefficient (Wildman–Crippen LogP) is 3.25. The van der Waals surface area contributed by atoms with Gasteiger partial charge in [0, 0.05) is 37.2 Å². The fraction of sp³-hybridized carbons (Fsp3) is 0.423. The third kappa shape index (κ3) is 2.81. The lowest BCUT2D eigenvalue weighted by atomic mass is 9.91. The zero-order valence-electron chi connectivity index (χ0n) is 18.0. The summed E-state index contributed by atoms with van der Waals surface area (Å²) in [5, 5.41) is 0. The van der Waals surface area contributed by atoms with E-state index >= 15 is 0 Å². The van der Waals surface area contributed by atoms with Gasteiger partial charge in [0.05, 0.1) is 17.5 Å². The molecule has 0 bridgehead atoms. The molecule has 3 aliphatic heterocycles. The van der Waals surface area contributed by atoms with E-state index in [2.05, 4.69) is 0 Å². The minimum atomic E-state index is -0.717. The van der Waals surface area contributed by atoms with Crippen molar-refractivity contribution in [2.45, 2.75) is 43.1 Å². The van der Waals surface area contributed by atoms with Crippen LogP contribution in [0, 0.1) is 0 Å². The van der Waals surface area contributed by atoms with Crippen LogP contribution in [-0.4, -0.2) is 53.8 Å². The molecular formula is C26H26N2O4. The molecule has 0 unspecified atom stereocenters. The van der Waals surface area contributed by atoms with Gasteiger partial charge in [-0.25, -0.2) is 4.79 Å². The van der Waals surface area contributed by atoms with Gasteiger partial charge < -0.3 is 14.5 Å². The molecule has 164 valence electrons. The molecule has 2 aromatic carbocycles. The SMILES string of the molecule is O=C1O[C@]2(CCN(C(=O)C3(c4ccc(C(=O)N5CCCC5)cc4)CC3)C2)c2ccccc21. The molecule has 1 atom stereocenters. The van der Waals surface area contributed by atoms with Crippen LogP contribution in [-0.2, 0) is 20.5 Å². The van der Waals surface area contributed by atoms with Gasteiger partial charge in [0.25, 0.3) is 5.91 Å². The van der Waals surface area contributed by atoms with Gasteiger partial charge >= 0.3 is 5.97 Å². The number of ether oxygens (including phenoxy) is 1. The maximum atomic E-state index is 13.6. The number of benzene rings is 2. The second-order valence-corrected chi connectivity index (χ2v) is 9.56. The Kier molecular flexibility index (Phi) is 4.23. The minimum absolute atomic E-state index is 0.0772. The van der Waals surface area contributed by atoms with Gasteiger partial charge in [-0.05, 0) is 49.4 Å². The van der Waals surface area contributed by atoms with E-state index in [-0.39, 0.29) is 17.8 Å². The molecule has 0 aromatic heterocycles. The highest BCUT2D eigenvalue weighted by Gasteiger charge is 2.57. The molecule has 0 radical (unpaired) electrons. The molecule has 6 nitrogen and oxygen atoms in total. The molecular weight excluding hydrogens is 404 g/mol. The first-order chi connectivity index (χ1) is 15.5. The van der Waals surface area contributed by atoms with Crippen molar-refractivity contribution < 1.29 is 19.1 Å². The van der Waals surface area contributed by atoms with Crippen LogP contribution in [0.1, 0.15) is 63.9 Å². The number of nitrogens with zero attached hydrogens (tertiary/aromatic N) is 2. The zero-order valence-corrected chi connectivity index (χ0v) is 18.0. The minimum Gasteiger partial charge on any atom is -0.449 e. The number of esters is 1. The molecule has 6 heteroatoms. The lowest BCUT2D eigenvalue weighted by molar-refractivity contribution is -0.134. The van der Waals surface area contributed by atoms with E-state index in [9.17, 15) is 14.4 Å². The van der Waals surface area contributed by atoms with Gasteiger partial charge in [-0.3, -0.25) is 9.59 Å². The quantitative estimate of drug-likeness (QED) is 0.701. The Labute approximate surface area is 187 Å². The van der Waals surface area contributed by atoms with Crippen LogP contribution >= 0.6 is 0 Å². The maximum Gasteiger partial charge on any atom is 0.339 e. The van der Waals surface area contributed by atoms with Gasteiger partial charge in [0.15, 0.2) is 5.60 Å². The summed E-state index contributed by atoms with van der Waals surface area (Å²) < 4.78 is 5.82. The summed E-state index contributed by atoms with van der Waals surface area (Å²) in [5.74, 6) is -0.115. The Morgan fingerprint density at radius 2 is 1.56 bits per heavy atom. The van der Waals surface area contributed by atoms with Crippen molar-refractivity contribution in [3.8, 4) is 0 Å². The Morgan fingerprint density at radius 3 is 2.28 bits per heavy atom. The van der Waals surface area contributed by atoms with Crippen LogP contribution in [0.2, 0.25) is 0 Å². The van der Waals surface area contributed by atoms with Gasteiger partial charge in [-0.1, -0.05) is 30.3 Å². The fourth-order valence-electron chi connectivity index (χ4n) is 5.69. The maximum absolute atomic E-state index is 13.6. The molecule has 2 saturated heterocycles. The Morgan fingerprint density at radius 1 is 0.844 bits per heavy atom. The molecule has 32 heavy (non-hydrogen) atoms. The molecule has 6 rings (SSSR count). The molecule has 3 heterocycles. The molecule has 3 fully saturated rings. The van der Waals surface area contributed by atoms with Gasteiger partial charge in [-0.2, -0.15) is 0 Å². The first kappa shape index (κ1) is 19.5. The summed E-state index contributed by atoms with van der Waals surface area (Å²) in [5.41, 5.74) is 1.95. The Balaban J connectivity index is 1.21. The first-order valence-corrected chi connectivity index (χ1v) is 11.5. The van der Waals surface area contributed by atoms with Crippen molar-refractivity contribution in [3.63, 3.8) is 0 Å². The van der Waals surface area contributed by atoms with E-state index < -0.39 is 11.0 Å². The second kappa shape index (κ2) is 6.92. The summed E-state index contributed by atoms with van der Waals surface area (Å²) in [6.45, 7) is 2.64. The number of amides is 2. The van der Waals surface area contributed by atoms with Crippen molar-refractivity contribution in [1.29, 1.82) is 0 Å². The van der Waals surface area contributed by atoms with E-state index in [1.165, 1.54) is 0 Å². The lowest BCUT2D eigenvalue weighted by Crippen LogP contribution is -2.40. The standard InChI is InChI=1S/C26H26N2O4/c29-22(27-14-3-4-15-27)18-7-9-19(10-8-18)25(11-12-25)24(31)28-16-13-26(17-28)21-6-2-1-5-20(21)23(30)32-26/h1-2,5-10H,3-4,11-17H2/t26-/m0/s1. The van der Waals surface area contributed by atoms with Crippen molar-refractivity contribution in [3.05, 3.63) is 70.8 Å². The molecule has 2 aromatic rings. The van der Waals surface area contributed by atoms with Crippen LogP contribution in [0.15, 0.2) is 48.5 Å². The smallest absolute Gasteiger partial charge is 0.339 e. The largest absolute Gasteiger partial charge is 0.449 e. The highest BCUT2D eigenvalue weighted by atomic mass is 16.6.